The SMILES string of the molecule is CC1CCC(OC(=O)c2ccc([N+](=O)[O-])cc2)C1=O. The van der Waals surface area contributed by atoms with Crippen LogP contribution in [0.2, 0.25) is 0 Å². The Morgan fingerprint density at radius 3 is 2.42 bits per heavy atom. The topological polar surface area (TPSA) is 86.5 Å². The summed E-state index contributed by atoms with van der Waals surface area (Å²) in [6, 6.07) is 5.11. The number of nitro groups is 1. The third kappa shape index (κ3) is 2.78. The number of nitro benzene ring substituents is 1. The summed E-state index contributed by atoms with van der Waals surface area (Å²) in [7, 11) is 0. The van der Waals surface area contributed by atoms with Crippen molar-refractivity contribution in [3.05, 3.63) is 39.9 Å². The lowest BCUT2D eigenvalue weighted by molar-refractivity contribution is -0.384. The molecule has 6 heteroatoms. The minimum atomic E-state index is -0.683. The summed E-state index contributed by atoms with van der Waals surface area (Å²) < 4.78 is 5.12. The maximum Gasteiger partial charge on any atom is 0.338 e. The van der Waals surface area contributed by atoms with E-state index in [0.717, 1.165) is 6.42 Å². The third-order valence-electron chi connectivity index (χ3n) is 3.23. The smallest absolute Gasteiger partial charge is 0.338 e. The van der Waals surface area contributed by atoms with Crippen molar-refractivity contribution in [2.24, 2.45) is 5.92 Å². The number of nitrogens with zero attached hydrogens (tertiary/aromatic N) is 1. The highest BCUT2D eigenvalue weighted by Crippen LogP contribution is 2.24. The second kappa shape index (κ2) is 5.17. The van der Waals surface area contributed by atoms with Gasteiger partial charge in [-0.15, -0.1) is 0 Å². The van der Waals surface area contributed by atoms with Crippen LogP contribution in [-0.2, 0) is 9.53 Å². The number of non-ortho nitro benzene ring substituents is 1. The highest BCUT2D eigenvalue weighted by Gasteiger charge is 2.34. The fourth-order valence-electron chi connectivity index (χ4n) is 2.04. The summed E-state index contributed by atoms with van der Waals surface area (Å²) >= 11 is 0. The summed E-state index contributed by atoms with van der Waals surface area (Å²) in [6.45, 7) is 1.81. The standard InChI is InChI=1S/C13H13NO5/c1-8-2-7-11(12(8)15)19-13(16)9-3-5-10(6-4-9)14(17)18/h3-6,8,11H,2,7H2,1H3. The Morgan fingerprint density at radius 2 is 1.95 bits per heavy atom. The second-order valence-corrected chi connectivity index (χ2v) is 4.58. The number of hydrogen-bond acceptors (Lipinski definition) is 5. The molecule has 1 fully saturated rings. The summed E-state index contributed by atoms with van der Waals surface area (Å²) in [6.07, 6.45) is 0.577. The van der Waals surface area contributed by atoms with Crippen LogP contribution in [0.15, 0.2) is 24.3 Å². The molecule has 0 spiro atoms. The Kier molecular flexibility index (Phi) is 3.59. The molecule has 0 aliphatic heterocycles. The number of rotatable bonds is 3. The van der Waals surface area contributed by atoms with Gasteiger partial charge in [0.05, 0.1) is 10.5 Å². The zero-order valence-electron chi connectivity index (χ0n) is 10.4. The average molecular weight is 263 g/mol. The maximum atomic E-state index is 11.8. The fraction of sp³-hybridized carbons (Fsp3) is 0.385. The summed E-state index contributed by atoms with van der Waals surface area (Å²) in [5, 5.41) is 10.5. The monoisotopic (exact) mass is 263 g/mol. The molecule has 2 atom stereocenters. The van der Waals surface area contributed by atoms with Crippen molar-refractivity contribution in [2.45, 2.75) is 25.9 Å². The van der Waals surface area contributed by atoms with E-state index in [1.807, 2.05) is 6.92 Å². The molecule has 0 saturated heterocycles. The Labute approximate surface area is 109 Å². The zero-order valence-corrected chi connectivity index (χ0v) is 10.4. The van der Waals surface area contributed by atoms with Gasteiger partial charge in [-0.05, 0) is 25.0 Å². The Bertz CT molecular complexity index is 522. The first-order valence-electron chi connectivity index (χ1n) is 5.98. The number of Topliss-reactive ketones (excluding diaryl/α,β-unsaturated/α-hetero) is 1. The van der Waals surface area contributed by atoms with Crippen LogP contribution >= 0.6 is 0 Å². The van der Waals surface area contributed by atoms with E-state index in [2.05, 4.69) is 0 Å². The first-order valence-corrected chi connectivity index (χ1v) is 5.98. The van der Waals surface area contributed by atoms with Crippen LogP contribution < -0.4 is 0 Å². The van der Waals surface area contributed by atoms with Crippen LogP contribution in [0.1, 0.15) is 30.1 Å². The number of benzene rings is 1. The number of carbonyl (C=O) groups is 2. The maximum absolute atomic E-state index is 11.8. The molecule has 2 rings (SSSR count). The molecular formula is C13H13NO5. The second-order valence-electron chi connectivity index (χ2n) is 4.58. The van der Waals surface area contributed by atoms with Crippen LogP contribution in [0.5, 0.6) is 0 Å². The quantitative estimate of drug-likeness (QED) is 0.473. The molecule has 2 unspecified atom stereocenters. The van der Waals surface area contributed by atoms with E-state index < -0.39 is 17.0 Å². The molecule has 0 radical (unpaired) electrons. The molecule has 19 heavy (non-hydrogen) atoms. The lowest BCUT2D eigenvalue weighted by atomic mass is 10.1. The Hall–Kier alpha value is -2.24. The lowest BCUT2D eigenvalue weighted by Gasteiger charge is -2.10. The largest absolute Gasteiger partial charge is 0.451 e. The fourth-order valence-corrected chi connectivity index (χ4v) is 2.04. The highest BCUT2D eigenvalue weighted by atomic mass is 16.6. The van der Waals surface area contributed by atoms with E-state index in [0.29, 0.717) is 6.42 Å². The molecule has 0 N–H and O–H groups in total. The van der Waals surface area contributed by atoms with E-state index in [-0.39, 0.29) is 23.0 Å². The van der Waals surface area contributed by atoms with Crippen molar-refractivity contribution in [1.82, 2.24) is 0 Å². The van der Waals surface area contributed by atoms with Crippen molar-refractivity contribution < 1.29 is 19.2 Å². The predicted octanol–water partition coefficient (Wildman–Crippen LogP) is 2.12. The van der Waals surface area contributed by atoms with Crippen molar-refractivity contribution >= 4 is 17.4 Å². The summed E-state index contributed by atoms with van der Waals surface area (Å²) in [5.41, 5.74) is 0.111. The molecule has 100 valence electrons. The van der Waals surface area contributed by atoms with Crippen LogP contribution in [0.4, 0.5) is 5.69 Å². The van der Waals surface area contributed by atoms with Gasteiger partial charge in [-0.2, -0.15) is 0 Å². The first kappa shape index (κ1) is 13.2. The molecule has 1 aliphatic carbocycles. The van der Waals surface area contributed by atoms with E-state index >= 15 is 0 Å². The number of carbonyl (C=O) groups excluding carboxylic acids is 2. The van der Waals surface area contributed by atoms with Crippen LogP contribution in [-0.4, -0.2) is 22.8 Å². The number of hydrogen-bond donors (Lipinski definition) is 0. The molecule has 1 aromatic rings. The van der Waals surface area contributed by atoms with Crippen LogP contribution in [0.3, 0.4) is 0 Å². The normalized spacial score (nSPS) is 22.3. The van der Waals surface area contributed by atoms with Gasteiger partial charge >= 0.3 is 5.97 Å². The molecule has 1 aliphatic rings. The summed E-state index contributed by atoms with van der Waals surface area (Å²) in [4.78, 5) is 33.4. The minimum Gasteiger partial charge on any atom is -0.451 e. The molecule has 0 bridgehead atoms. The van der Waals surface area contributed by atoms with Crippen molar-refractivity contribution in [3.63, 3.8) is 0 Å². The van der Waals surface area contributed by atoms with Crippen molar-refractivity contribution in [2.75, 3.05) is 0 Å². The van der Waals surface area contributed by atoms with Crippen LogP contribution in [0, 0.1) is 16.0 Å². The minimum absolute atomic E-state index is 0.0599. The van der Waals surface area contributed by atoms with Gasteiger partial charge in [-0.25, -0.2) is 4.79 Å². The highest BCUT2D eigenvalue weighted by molar-refractivity contribution is 5.94. The summed E-state index contributed by atoms with van der Waals surface area (Å²) in [5.74, 6) is -0.757. The molecule has 0 aromatic heterocycles. The number of ether oxygens (including phenoxy) is 1. The van der Waals surface area contributed by atoms with Gasteiger partial charge in [0.2, 0.25) is 0 Å². The van der Waals surface area contributed by atoms with Gasteiger partial charge in [0.15, 0.2) is 11.9 Å². The van der Waals surface area contributed by atoms with Crippen molar-refractivity contribution in [1.29, 1.82) is 0 Å². The van der Waals surface area contributed by atoms with Gasteiger partial charge < -0.3 is 4.74 Å². The van der Waals surface area contributed by atoms with E-state index in [4.69, 9.17) is 4.74 Å². The van der Waals surface area contributed by atoms with E-state index in [1.54, 1.807) is 0 Å². The van der Waals surface area contributed by atoms with Gasteiger partial charge in [0, 0.05) is 18.1 Å². The third-order valence-corrected chi connectivity index (χ3v) is 3.23. The molecule has 1 aromatic carbocycles. The Morgan fingerprint density at radius 1 is 1.32 bits per heavy atom. The van der Waals surface area contributed by atoms with Gasteiger partial charge in [0.1, 0.15) is 0 Å². The van der Waals surface area contributed by atoms with Gasteiger partial charge in [-0.1, -0.05) is 6.92 Å². The van der Waals surface area contributed by atoms with Gasteiger partial charge in [-0.3, -0.25) is 14.9 Å². The number of ketones is 1. The van der Waals surface area contributed by atoms with E-state index in [1.165, 1.54) is 24.3 Å². The molecule has 0 heterocycles. The first-order chi connectivity index (χ1) is 8.99. The molecular weight excluding hydrogens is 250 g/mol. The number of esters is 1. The van der Waals surface area contributed by atoms with Crippen LogP contribution in [0.25, 0.3) is 0 Å². The lowest BCUT2D eigenvalue weighted by Crippen LogP contribution is -2.24. The zero-order chi connectivity index (χ0) is 14.0. The van der Waals surface area contributed by atoms with E-state index in [9.17, 15) is 19.7 Å². The predicted molar refractivity (Wildman–Crippen MR) is 65.7 cm³/mol. The molecule has 6 nitrogen and oxygen atoms in total. The van der Waals surface area contributed by atoms with Crippen molar-refractivity contribution in [3.8, 4) is 0 Å². The van der Waals surface area contributed by atoms with Gasteiger partial charge in [0.25, 0.3) is 5.69 Å². The average Bonchev–Trinajstić information content (AvgIpc) is 2.71. The molecule has 0 amide bonds. The Balaban J connectivity index is 2.04. The molecule has 1 saturated carbocycles.